The summed E-state index contributed by atoms with van der Waals surface area (Å²) in [5.41, 5.74) is 1.32. The van der Waals surface area contributed by atoms with Crippen LogP contribution in [0, 0.1) is 0 Å². The zero-order valence-corrected chi connectivity index (χ0v) is 10.6. The van der Waals surface area contributed by atoms with Crippen molar-refractivity contribution in [1.82, 2.24) is 14.8 Å². The van der Waals surface area contributed by atoms with Gasteiger partial charge in [0.2, 0.25) is 0 Å². The van der Waals surface area contributed by atoms with Crippen molar-refractivity contribution in [3.8, 4) is 0 Å². The number of nitrogens with zero attached hydrogens (tertiary/aromatic N) is 2. The van der Waals surface area contributed by atoms with Gasteiger partial charge in [0, 0.05) is 39.1 Å². The first-order valence-corrected chi connectivity index (χ1v) is 5.72. The number of hydrogen-bond acceptors (Lipinski definition) is 3. The summed E-state index contributed by atoms with van der Waals surface area (Å²) in [5.74, 6) is 0. The summed E-state index contributed by atoms with van der Waals surface area (Å²) in [6.45, 7) is 4.39. The third-order valence-electron chi connectivity index (χ3n) is 2.33. The Morgan fingerprint density at radius 1 is 1.38 bits per heavy atom. The Labute approximate surface area is 98.2 Å². The van der Waals surface area contributed by atoms with Crippen LogP contribution in [0.25, 0.3) is 0 Å². The van der Waals surface area contributed by atoms with Gasteiger partial charge < -0.3 is 19.5 Å². The maximum Gasteiger partial charge on any atom is 0.0593 e. The lowest BCUT2D eigenvalue weighted by Gasteiger charge is -2.09. The number of rotatable bonds is 8. The summed E-state index contributed by atoms with van der Waals surface area (Å²) in [7, 11) is 6.14. The largest absolute Gasteiger partial charge is 0.379 e. The number of hydrogen-bond donors (Lipinski definition) is 1. The van der Waals surface area contributed by atoms with Crippen LogP contribution in [0.5, 0.6) is 0 Å². The molecule has 1 aromatic heterocycles. The molecule has 0 bridgehead atoms. The van der Waals surface area contributed by atoms with E-state index < -0.39 is 0 Å². The van der Waals surface area contributed by atoms with Gasteiger partial charge in [0.15, 0.2) is 0 Å². The van der Waals surface area contributed by atoms with Gasteiger partial charge in [0.25, 0.3) is 0 Å². The fourth-order valence-electron chi connectivity index (χ4n) is 1.39. The van der Waals surface area contributed by atoms with Crippen molar-refractivity contribution < 1.29 is 4.74 Å². The summed E-state index contributed by atoms with van der Waals surface area (Å²) >= 11 is 0. The zero-order valence-electron chi connectivity index (χ0n) is 10.6. The quantitative estimate of drug-likeness (QED) is 0.660. The van der Waals surface area contributed by atoms with Gasteiger partial charge in [-0.25, -0.2) is 0 Å². The van der Waals surface area contributed by atoms with Crippen LogP contribution in [0.15, 0.2) is 18.5 Å². The van der Waals surface area contributed by atoms with Crippen LogP contribution in [-0.4, -0.2) is 49.9 Å². The number of nitrogens with one attached hydrogen (secondary N) is 1. The van der Waals surface area contributed by atoms with E-state index in [0.717, 1.165) is 32.8 Å². The lowest BCUT2D eigenvalue weighted by Crippen LogP contribution is -2.22. The van der Waals surface area contributed by atoms with E-state index in [0.29, 0.717) is 0 Å². The van der Waals surface area contributed by atoms with Gasteiger partial charge in [-0.3, -0.25) is 0 Å². The van der Waals surface area contributed by atoms with Crippen molar-refractivity contribution in [3.05, 3.63) is 24.0 Å². The van der Waals surface area contributed by atoms with E-state index in [1.54, 1.807) is 0 Å². The van der Waals surface area contributed by atoms with Gasteiger partial charge in [0.05, 0.1) is 13.2 Å². The molecule has 16 heavy (non-hydrogen) atoms. The molecule has 0 fully saturated rings. The minimum atomic E-state index is 0.778. The number of likely N-dealkylation sites (N-methyl/N-ethyl adjacent to an activating group) is 1. The van der Waals surface area contributed by atoms with Crippen LogP contribution in [-0.2, 0) is 18.3 Å². The van der Waals surface area contributed by atoms with E-state index in [1.807, 2.05) is 7.05 Å². The lowest BCUT2D eigenvalue weighted by molar-refractivity contribution is 0.119. The SMILES string of the molecule is CN(C)CCOCCNCc1ccn(C)c1. The van der Waals surface area contributed by atoms with Crippen LogP contribution >= 0.6 is 0 Å². The van der Waals surface area contributed by atoms with Crippen molar-refractivity contribution in [2.75, 3.05) is 40.4 Å². The van der Waals surface area contributed by atoms with Crippen molar-refractivity contribution in [2.45, 2.75) is 6.54 Å². The Kier molecular flexibility index (Phi) is 6.15. The van der Waals surface area contributed by atoms with Gasteiger partial charge in [-0.2, -0.15) is 0 Å². The molecule has 92 valence electrons. The second-order valence-electron chi connectivity index (χ2n) is 4.28. The van der Waals surface area contributed by atoms with Crippen molar-refractivity contribution >= 4 is 0 Å². The molecule has 0 saturated heterocycles. The Bertz CT molecular complexity index is 284. The Hall–Kier alpha value is -0.840. The van der Waals surface area contributed by atoms with Gasteiger partial charge in [-0.05, 0) is 25.7 Å². The molecule has 1 heterocycles. The van der Waals surface area contributed by atoms with Gasteiger partial charge in [0.1, 0.15) is 0 Å². The highest BCUT2D eigenvalue weighted by atomic mass is 16.5. The first-order valence-electron chi connectivity index (χ1n) is 5.72. The van der Waals surface area contributed by atoms with Crippen LogP contribution in [0.2, 0.25) is 0 Å². The molecule has 0 aliphatic carbocycles. The molecule has 0 saturated carbocycles. The Morgan fingerprint density at radius 3 is 2.81 bits per heavy atom. The second kappa shape index (κ2) is 7.44. The molecule has 1 N–H and O–H groups in total. The third kappa shape index (κ3) is 5.90. The zero-order chi connectivity index (χ0) is 11.8. The van der Waals surface area contributed by atoms with E-state index in [2.05, 4.69) is 47.3 Å². The molecular weight excluding hydrogens is 202 g/mol. The topological polar surface area (TPSA) is 29.4 Å². The number of aryl methyl sites for hydroxylation is 1. The van der Waals surface area contributed by atoms with E-state index in [-0.39, 0.29) is 0 Å². The molecule has 0 unspecified atom stereocenters. The van der Waals surface area contributed by atoms with Gasteiger partial charge in [-0.1, -0.05) is 0 Å². The Balaban J connectivity index is 1.92. The van der Waals surface area contributed by atoms with E-state index >= 15 is 0 Å². The summed E-state index contributed by atoms with van der Waals surface area (Å²) in [6, 6.07) is 2.12. The molecule has 0 aromatic carbocycles. The summed E-state index contributed by atoms with van der Waals surface area (Å²) < 4.78 is 7.54. The second-order valence-corrected chi connectivity index (χ2v) is 4.28. The maximum atomic E-state index is 5.48. The number of aromatic nitrogens is 1. The van der Waals surface area contributed by atoms with E-state index in [4.69, 9.17) is 4.74 Å². The molecule has 0 spiro atoms. The summed E-state index contributed by atoms with van der Waals surface area (Å²) in [4.78, 5) is 2.12. The van der Waals surface area contributed by atoms with Gasteiger partial charge in [-0.15, -0.1) is 0 Å². The highest BCUT2D eigenvalue weighted by Crippen LogP contribution is 1.97. The molecule has 4 nitrogen and oxygen atoms in total. The smallest absolute Gasteiger partial charge is 0.0593 e. The van der Waals surface area contributed by atoms with Crippen LogP contribution in [0.4, 0.5) is 0 Å². The Morgan fingerprint density at radius 2 is 2.19 bits per heavy atom. The van der Waals surface area contributed by atoms with Crippen molar-refractivity contribution in [1.29, 1.82) is 0 Å². The highest BCUT2D eigenvalue weighted by molar-refractivity contribution is 5.09. The molecule has 0 aliphatic heterocycles. The molecule has 0 atom stereocenters. The molecule has 1 rings (SSSR count). The molecule has 0 radical (unpaired) electrons. The molecule has 1 aromatic rings. The molecular formula is C12H23N3O. The molecule has 0 aliphatic rings. The maximum absolute atomic E-state index is 5.48. The van der Waals surface area contributed by atoms with Crippen molar-refractivity contribution in [2.24, 2.45) is 7.05 Å². The minimum absolute atomic E-state index is 0.778. The lowest BCUT2D eigenvalue weighted by atomic mass is 10.3. The monoisotopic (exact) mass is 225 g/mol. The summed E-state index contributed by atoms with van der Waals surface area (Å²) in [5, 5.41) is 3.35. The fraction of sp³-hybridized carbons (Fsp3) is 0.667. The first kappa shape index (κ1) is 13.2. The van der Waals surface area contributed by atoms with E-state index in [1.165, 1.54) is 5.56 Å². The predicted molar refractivity (Wildman–Crippen MR) is 66.5 cm³/mol. The summed E-state index contributed by atoms with van der Waals surface area (Å²) in [6.07, 6.45) is 4.19. The van der Waals surface area contributed by atoms with Crippen molar-refractivity contribution in [3.63, 3.8) is 0 Å². The molecule has 0 amide bonds. The average molecular weight is 225 g/mol. The fourth-order valence-corrected chi connectivity index (χ4v) is 1.39. The van der Waals surface area contributed by atoms with Crippen LogP contribution < -0.4 is 5.32 Å². The minimum Gasteiger partial charge on any atom is -0.379 e. The number of ether oxygens (including phenoxy) is 1. The predicted octanol–water partition coefficient (Wildman–Crippen LogP) is 0.693. The van der Waals surface area contributed by atoms with Crippen LogP contribution in [0.3, 0.4) is 0 Å². The molecule has 4 heteroatoms. The average Bonchev–Trinajstić information content (AvgIpc) is 2.62. The van der Waals surface area contributed by atoms with Gasteiger partial charge >= 0.3 is 0 Å². The first-order chi connectivity index (χ1) is 7.68. The third-order valence-corrected chi connectivity index (χ3v) is 2.33. The van der Waals surface area contributed by atoms with Crippen LogP contribution in [0.1, 0.15) is 5.56 Å². The highest BCUT2D eigenvalue weighted by Gasteiger charge is 1.94. The standard InChI is InChI=1S/C12H23N3O/c1-14(2)7-9-16-8-5-13-10-12-4-6-15(3)11-12/h4,6,11,13H,5,7-10H2,1-3H3. The normalized spacial score (nSPS) is 11.2. The van der Waals surface area contributed by atoms with E-state index in [9.17, 15) is 0 Å².